The third kappa shape index (κ3) is 2.54. The molecule has 0 atom stereocenters. The molecule has 0 radical (unpaired) electrons. The Balaban J connectivity index is 2.00. The van der Waals surface area contributed by atoms with Crippen molar-refractivity contribution in [1.82, 2.24) is 5.32 Å². The first-order valence-corrected chi connectivity index (χ1v) is 7.04. The van der Waals surface area contributed by atoms with E-state index < -0.39 is 0 Å². The molecule has 0 unspecified atom stereocenters. The van der Waals surface area contributed by atoms with Crippen LogP contribution in [0.4, 0.5) is 5.69 Å². The van der Waals surface area contributed by atoms with E-state index in [1.54, 1.807) is 24.3 Å². The number of hydrogen-bond donors (Lipinski definition) is 1. The molecule has 110 valence electrons. The van der Waals surface area contributed by atoms with Crippen molar-refractivity contribution in [2.24, 2.45) is 0 Å². The molecule has 0 aliphatic rings. The SMILES string of the molecule is [C-]#[N+]c1ccc(Oc2cccc3c(CNC)c(C)oc23)cc1. The second-order valence-electron chi connectivity index (χ2n) is 5.01. The van der Waals surface area contributed by atoms with E-state index in [1.807, 2.05) is 32.2 Å². The normalized spacial score (nSPS) is 10.6. The smallest absolute Gasteiger partial charge is 0.187 e. The van der Waals surface area contributed by atoms with Crippen molar-refractivity contribution < 1.29 is 9.15 Å². The van der Waals surface area contributed by atoms with Gasteiger partial charge in [0.25, 0.3) is 0 Å². The standard InChI is InChI=1S/C18H16N2O2/c1-12-16(11-19-2)15-5-4-6-17(18(15)21-12)22-14-9-7-13(20-3)8-10-14/h4-10,19H,11H2,1-2H3. The molecule has 0 spiro atoms. The van der Waals surface area contributed by atoms with Gasteiger partial charge in [0.1, 0.15) is 11.5 Å². The number of rotatable bonds is 4. The Morgan fingerprint density at radius 3 is 2.64 bits per heavy atom. The summed E-state index contributed by atoms with van der Waals surface area (Å²) in [7, 11) is 1.91. The summed E-state index contributed by atoms with van der Waals surface area (Å²) in [4.78, 5) is 3.37. The van der Waals surface area contributed by atoms with Crippen LogP contribution in [0.5, 0.6) is 11.5 Å². The third-order valence-electron chi connectivity index (χ3n) is 3.53. The maximum absolute atomic E-state index is 6.97. The molecule has 1 heterocycles. The maximum Gasteiger partial charge on any atom is 0.187 e. The van der Waals surface area contributed by atoms with E-state index in [-0.39, 0.29) is 0 Å². The van der Waals surface area contributed by atoms with Gasteiger partial charge in [-0.05, 0) is 32.2 Å². The minimum absolute atomic E-state index is 0.593. The summed E-state index contributed by atoms with van der Waals surface area (Å²) in [6.07, 6.45) is 0. The molecule has 1 aromatic heterocycles. The van der Waals surface area contributed by atoms with E-state index in [0.29, 0.717) is 17.2 Å². The molecule has 0 aliphatic carbocycles. The van der Waals surface area contributed by atoms with Crippen LogP contribution in [0.3, 0.4) is 0 Å². The molecule has 22 heavy (non-hydrogen) atoms. The predicted molar refractivity (Wildman–Crippen MR) is 86.5 cm³/mol. The summed E-state index contributed by atoms with van der Waals surface area (Å²) >= 11 is 0. The second-order valence-corrected chi connectivity index (χ2v) is 5.01. The molecule has 2 aromatic carbocycles. The Bertz CT molecular complexity index is 842. The van der Waals surface area contributed by atoms with E-state index in [1.165, 1.54) is 0 Å². The Hall–Kier alpha value is -2.77. The molecule has 3 rings (SSSR count). The van der Waals surface area contributed by atoms with Gasteiger partial charge in [-0.1, -0.05) is 24.3 Å². The minimum Gasteiger partial charge on any atom is -0.457 e. The molecular formula is C18H16N2O2. The minimum atomic E-state index is 0.593. The summed E-state index contributed by atoms with van der Waals surface area (Å²) in [5, 5.41) is 4.21. The van der Waals surface area contributed by atoms with Crippen LogP contribution in [-0.2, 0) is 6.54 Å². The third-order valence-corrected chi connectivity index (χ3v) is 3.53. The number of aryl methyl sites for hydroxylation is 1. The number of benzene rings is 2. The fourth-order valence-electron chi connectivity index (χ4n) is 2.46. The average molecular weight is 292 g/mol. The van der Waals surface area contributed by atoms with E-state index in [0.717, 1.165) is 28.8 Å². The Kier molecular flexibility index (Phi) is 3.82. The molecule has 3 aromatic rings. The maximum atomic E-state index is 6.97. The lowest BCUT2D eigenvalue weighted by atomic mass is 10.1. The van der Waals surface area contributed by atoms with Crippen LogP contribution in [0, 0.1) is 13.5 Å². The van der Waals surface area contributed by atoms with E-state index >= 15 is 0 Å². The van der Waals surface area contributed by atoms with Crippen LogP contribution < -0.4 is 10.1 Å². The van der Waals surface area contributed by atoms with Gasteiger partial charge in [-0.3, -0.25) is 0 Å². The van der Waals surface area contributed by atoms with Gasteiger partial charge in [-0.2, -0.15) is 0 Å². The molecule has 1 N–H and O–H groups in total. The topological polar surface area (TPSA) is 38.8 Å². The number of ether oxygens (including phenoxy) is 1. The van der Waals surface area contributed by atoms with Crippen LogP contribution >= 0.6 is 0 Å². The Morgan fingerprint density at radius 1 is 1.18 bits per heavy atom. The highest BCUT2D eigenvalue weighted by molar-refractivity contribution is 5.87. The zero-order valence-corrected chi connectivity index (χ0v) is 12.5. The zero-order valence-electron chi connectivity index (χ0n) is 12.5. The van der Waals surface area contributed by atoms with Gasteiger partial charge in [0.2, 0.25) is 0 Å². The number of nitrogens with zero attached hydrogens (tertiary/aromatic N) is 1. The van der Waals surface area contributed by atoms with Gasteiger partial charge in [0.05, 0.1) is 6.57 Å². The van der Waals surface area contributed by atoms with E-state index in [9.17, 15) is 0 Å². The van der Waals surface area contributed by atoms with Crippen molar-refractivity contribution >= 4 is 16.7 Å². The summed E-state index contributed by atoms with van der Waals surface area (Å²) in [6, 6.07) is 12.9. The predicted octanol–water partition coefficient (Wildman–Crippen LogP) is 4.80. The second kappa shape index (κ2) is 5.92. The van der Waals surface area contributed by atoms with Gasteiger partial charge >= 0.3 is 0 Å². The van der Waals surface area contributed by atoms with Gasteiger partial charge in [0.15, 0.2) is 17.0 Å². The van der Waals surface area contributed by atoms with Crippen molar-refractivity contribution in [2.75, 3.05) is 7.05 Å². The number of fused-ring (bicyclic) bond motifs is 1. The van der Waals surface area contributed by atoms with Crippen LogP contribution in [0.1, 0.15) is 11.3 Å². The van der Waals surface area contributed by atoms with Gasteiger partial charge in [-0.15, -0.1) is 0 Å². The van der Waals surface area contributed by atoms with Gasteiger partial charge < -0.3 is 14.5 Å². The van der Waals surface area contributed by atoms with Gasteiger partial charge in [0, 0.05) is 17.5 Å². The average Bonchev–Trinajstić information content (AvgIpc) is 2.86. The van der Waals surface area contributed by atoms with Crippen molar-refractivity contribution in [3.63, 3.8) is 0 Å². The lowest BCUT2D eigenvalue weighted by molar-refractivity contribution is 0.468. The van der Waals surface area contributed by atoms with Gasteiger partial charge in [-0.25, -0.2) is 4.85 Å². The summed E-state index contributed by atoms with van der Waals surface area (Å²) in [5.74, 6) is 2.26. The molecule has 0 aliphatic heterocycles. The van der Waals surface area contributed by atoms with Crippen molar-refractivity contribution in [3.8, 4) is 11.5 Å². The first kappa shape index (κ1) is 14.2. The molecule has 0 fully saturated rings. The van der Waals surface area contributed by atoms with Crippen molar-refractivity contribution in [1.29, 1.82) is 0 Å². The number of para-hydroxylation sites is 1. The molecule has 4 heteroatoms. The molecular weight excluding hydrogens is 276 g/mol. The fourth-order valence-corrected chi connectivity index (χ4v) is 2.46. The largest absolute Gasteiger partial charge is 0.457 e. The highest BCUT2D eigenvalue weighted by atomic mass is 16.5. The molecule has 0 amide bonds. The fraction of sp³-hybridized carbons (Fsp3) is 0.167. The van der Waals surface area contributed by atoms with Crippen molar-refractivity contribution in [2.45, 2.75) is 13.5 Å². The van der Waals surface area contributed by atoms with E-state index in [2.05, 4.69) is 10.2 Å². The molecule has 0 bridgehead atoms. The first-order chi connectivity index (χ1) is 10.7. The highest BCUT2D eigenvalue weighted by Gasteiger charge is 2.14. The highest BCUT2D eigenvalue weighted by Crippen LogP contribution is 2.35. The van der Waals surface area contributed by atoms with Crippen LogP contribution in [0.15, 0.2) is 46.9 Å². The lowest BCUT2D eigenvalue weighted by Gasteiger charge is -2.06. The quantitative estimate of drug-likeness (QED) is 0.702. The zero-order chi connectivity index (χ0) is 15.5. The number of hydrogen-bond acceptors (Lipinski definition) is 3. The molecule has 0 saturated carbocycles. The first-order valence-electron chi connectivity index (χ1n) is 7.04. The Morgan fingerprint density at radius 2 is 1.95 bits per heavy atom. The number of furan rings is 1. The summed E-state index contributed by atoms with van der Waals surface area (Å²) < 4.78 is 11.8. The van der Waals surface area contributed by atoms with E-state index in [4.69, 9.17) is 15.7 Å². The molecule has 4 nitrogen and oxygen atoms in total. The number of nitrogens with one attached hydrogen (secondary N) is 1. The summed E-state index contributed by atoms with van der Waals surface area (Å²) in [5.41, 5.74) is 2.49. The Labute approximate surface area is 129 Å². The van der Waals surface area contributed by atoms with Crippen molar-refractivity contribution in [3.05, 3.63) is 65.2 Å². The monoisotopic (exact) mass is 292 g/mol. The van der Waals surface area contributed by atoms with Crippen LogP contribution in [0.25, 0.3) is 15.8 Å². The van der Waals surface area contributed by atoms with Crippen LogP contribution in [0.2, 0.25) is 0 Å². The molecule has 0 saturated heterocycles. The lowest BCUT2D eigenvalue weighted by Crippen LogP contribution is -2.05. The summed E-state index contributed by atoms with van der Waals surface area (Å²) in [6.45, 7) is 9.68. The van der Waals surface area contributed by atoms with Crippen LogP contribution in [-0.4, -0.2) is 7.05 Å².